The van der Waals surface area contributed by atoms with Gasteiger partial charge in [0.1, 0.15) is 0 Å². The number of rotatable bonds is 5. The molecule has 0 aliphatic heterocycles. The highest BCUT2D eigenvalue weighted by Crippen LogP contribution is 2.23. The Labute approximate surface area is 116 Å². The minimum Gasteiger partial charge on any atom is -0.306 e. The monoisotopic (exact) mass is 308 g/mol. The van der Waals surface area contributed by atoms with Crippen LogP contribution in [0.3, 0.4) is 0 Å². The molecule has 0 saturated carbocycles. The lowest BCUT2D eigenvalue weighted by molar-refractivity contribution is 0.596. The maximum absolute atomic E-state index is 4.24. The molecule has 0 saturated heterocycles. The van der Waals surface area contributed by atoms with Gasteiger partial charge in [-0.25, -0.2) is 0 Å². The van der Waals surface area contributed by atoms with E-state index in [1.807, 2.05) is 30.3 Å². The Kier molecular flexibility index (Phi) is 4.49. The van der Waals surface area contributed by atoms with Crippen LogP contribution in [0.2, 0.25) is 0 Å². The number of nitrogens with zero attached hydrogens (tertiary/aromatic N) is 3. The molecule has 2 rings (SSSR count). The van der Waals surface area contributed by atoms with Gasteiger partial charge in [-0.15, -0.1) is 0 Å². The van der Waals surface area contributed by atoms with E-state index in [2.05, 4.69) is 44.3 Å². The van der Waals surface area contributed by atoms with E-state index in [1.165, 1.54) is 0 Å². The summed E-state index contributed by atoms with van der Waals surface area (Å²) in [4.78, 5) is 4.23. The van der Waals surface area contributed by atoms with Crippen LogP contribution in [0, 0.1) is 0 Å². The molecule has 0 radical (unpaired) electrons. The van der Waals surface area contributed by atoms with Crippen molar-refractivity contribution < 1.29 is 0 Å². The van der Waals surface area contributed by atoms with Crippen molar-refractivity contribution in [3.8, 4) is 0 Å². The standard InChI is InChI=1S/C13H17BrN4/c1-3-4-16-13(11-7-17-18(2)9-11)10-5-12(14)8-15-6-10/h5-9,13,16H,3-4H2,1-2H3. The third-order valence-electron chi connectivity index (χ3n) is 2.72. The van der Waals surface area contributed by atoms with Crippen LogP contribution in [0.15, 0.2) is 35.3 Å². The predicted molar refractivity (Wildman–Crippen MR) is 75.3 cm³/mol. The molecule has 0 aromatic carbocycles. The molecule has 96 valence electrons. The van der Waals surface area contributed by atoms with Gasteiger partial charge in [0.05, 0.1) is 12.2 Å². The average molecular weight is 309 g/mol. The summed E-state index contributed by atoms with van der Waals surface area (Å²) in [5.41, 5.74) is 2.30. The molecule has 4 nitrogen and oxygen atoms in total. The van der Waals surface area contributed by atoms with Crippen LogP contribution < -0.4 is 5.32 Å². The zero-order valence-corrected chi connectivity index (χ0v) is 12.2. The van der Waals surface area contributed by atoms with E-state index in [-0.39, 0.29) is 6.04 Å². The first kappa shape index (κ1) is 13.2. The molecule has 1 unspecified atom stereocenters. The van der Waals surface area contributed by atoms with Gasteiger partial charge in [0.25, 0.3) is 0 Å². The summed E-state index contributed by atoms with van der Waals surface area (Å²) in [5.74, 6) is 0. The van der Waals surface area contributed by atoms with Crippen LogP contribution in [0.5, 0.6) is 0 Å². The van der Waals surface area contributed by atoms with E-state index in [9.17, 15) is 0 Å². The van der Waals surface area contributed by atoms with Crippen LogP contribution >= 0.6 is 15.9 Å². The number of hydrogen-bond acceptors (Lipinski definition) is 3. The molecule has 0 spiro atoms. The lowest BCUT2D eigenvalue weighted by atomic mass is 10.0. The van der Waals surface area contributed by atoms with E-state index in [0.29, 0.717) is 0 Å². The highest BCUT2D eigenvalue weighted by atomic mass is 79.9. The summed E-state index contributed by atoms with van der Waals surface area (Å²) in [6.07, 6.45) is 8.72. The molecule has 0 aliphatic rings. The fourth-order valence-electron chi connectivity index (χ4n) is 1.89. The highest BCUT2D eigenvalue weighted by Gasteiger charge is 2.15. The van der Waals surface area contributed by atoms with Gasteiger partial charge in [0.2, 0.25) is 0 Å². The zero-order valence-electron chi connectivity index (χ0n) is 10.6. The second kappa shape index (κ2) is 6.11. The van der Waals surface area contributed by atoms with Crippen LogP contribution in [-0.4, -0.2) is 21.3 Å². The number of nitrogens with one attached hydrogen (secondary N) is 1. The summed E-state index contributed by atoms with van der Waals surface area (Å²) >= 11 is 3.47. The quantitative estimate of drug-likeness (QED) is 0.923. The van der Waals surface area contributed by atoms with Gasteiger partial charge >= 0.3 is 0 Å². The van der Waals surface area contributed by atoms with Crippen LogP contribution in [-0.2, 0) is 7.05 Å². The number of pyridine rings is 1. The Bertz CT molecular complexity index is 509. The number of aryl methyl sites for hydroxylation is 1. The molecule has 18 heavy (non-hydrogen) atoms. The molecule has 5 heteroatoms. The summed E-state index contributed by atoms with van der Waals surface area (Å²) in [7, 11) is 1.93. The van der Waals surface area contributed by atoms with Crippen molar-refractivity contribution in [2.24, 2.45) is 7.05 Å². The molecule has 0 aliphatic carbocycles. The summed E-state index contributed by atoms with van der Waals surface area (Å²) in [6, 6.07) is 2.23. The number of aromatic nitrogens is 3. The van der Waals surface area contributed by atoms with Gasteiger partial charge in [-0.1, -0.05) is 6.92 Å². The Morgan fingerprint density at radius 2 is 2.17 bits per heavy atom. The smallest absolute Gasteiger partial charge is 0.0623 e. The summed E-state index contributed by atoms with van der Waals surface area (Å²) in [5, 5.41) is 7.77. The largest absolute Gasteiger partial charge is 0.306 e. The molecule has 0 fully saturated rings. The van der Waals surface area contributed by atoms with E-state index in [4.69, 9.17) is 0 Å². The highest BCUT2D eigenvalue weighted by molar-refractivity contribution is 9.10. The maximum Gasteiger partial charge on any atom is 0.0623 e. The maximum atomic E-state index is 4.24. The molecular formula is C13H17BrN4. The van der Waals surface area contributed by atoms with Crippen molar-refractivity contribution in [3.05, 3.63) is 46.5 Å². The SMILES string of the molecule is CCCNC(c1cncc(Br)c1)c1cnn(C)c1. The normalized spacial score (nSPS) is 12.6. The van der Waals surface area contributed by atoms with Crippen LogP contribution in [0.1, 0.15) is 30.5 Å². The second-order valence-corrected chi connectivity index (χ2v) is 5.19. The van der Waals surface area contributed by atoms with Gasteiger partial charge < -0.3 is 5.32 Å². The minimum atomic E-state index is 0.142. The number of halogens is 1. The van der Waals surface area contributed by atoms with E-state index in [0.717, 1.165) is 28.6 Å². The van der Waals surface area contributed by atoms with Crippen molar-refractivity contribution in [2.75, 3.05) is 6.54 Å². The Morgan fingerprint density at radius 1 is 1.33 bits per heavy atom. The molecule has 0 amide bonds. The number of hydrogen-bond donors (Lipinski definition) is 1. The third kappa shape index (κ3) is 3.17. The van der Waals surface area contributed by atoms with E-state index in [1.54, 1.807) is 6.20 Å². The molecule has 0 bridgehead atoms. The fraction of sp³-hybridized carbons (Fsp3) is 0.385. The lowest BCUT2D eigenvalue weighted by Crippen LogP contribution is -2.23. The van der Waals surface area contributed by atoms with Crippen molar-refractivity contribution in [1.29, 1.82) is 0 Å². The van der Waals surface area contributed by atoms with Gasteiger partial charge in [0.15, 0.2) is 0 Å². The second-order valence-electron chi connectivity index (χ2n) is 4.27. The summed E-state index contributed by atoms with van der Waals surface area (Å²) < 4.78 is 2.81. The molecule has 1 atom stereocenters. The van der Waals surface area contributed by atoms with Gasteiger partial charge in [-0.3, -0.25) is 9.67 Å². The van der Waals surface area contributed by atoms with Gasteiger partial charge in [-0.2, -0.15) is 5.10 Å². The molecule has 2 aromatic rings. The van der Waals surface area contributed by atoms with Gasteiger partial charge in [-0.05, 0) is 40.5 Å². The van der Waals surface area contributed by atoms with Gasteiger partial charge in [0, 0.05) is 35.7 Å². The van der Waals surface area contributed by atoms with Crippen molar-refractivity contribution in [1.82, 2.24) is 20.1 Å². The first-order chi connectivity index (χ1) is 8.70. The Morgan fingerprint density at radius 3 is 2.78 bits per heavy atom. The van der Waals surface area contributed by atoms with Crippen molar-refractivity contribution in [3.63, 3.8) is 0 Å². The molecule has 1 N–H and O–H groups in total. The first-order valence-electron chi connectivity index (χ1n) is 6.03. The Balaban J connectivity index is 2.30. The van der Waals surface area contributed by atoms with E-state index < -0.39 is 0 Å². The van der Waals surface area contributed by atoms with E-state index >= 15 is 0 Å². The molecular weight excluding hydrogens is 292 g/mol. The van der Waals surface area contributed by atoms with Crippen LogP contribution in [0.4, 0.5) is 0 Å². The summed E-state index contributed by atoms with van der Waals surface area (Å²) in [6.45, 7) is 3.12. The Hall–Kier alpha value is -1.20. The molecule has 2 aromatic heterocycles. The van der Waals surface area contributed by atoms with Crippen LogP contribution in [0.25, 0.3) is 0 Å². The van der Waals surface area contributed by atoms with Crippen molar-refractivity contribution >= 4 is 15.9 Å². The zero-order chi connectivity index (χ0) is 13.0. The minimum absolute atomic E-state index is 0.142. The fourth-order valence-corrected chi connectivity index (χ4v) is 2.27. The third-order valence-corrected chi connectivity index (χ3v) is 3.15. The predicted octanol–water partition coefficient (Wildman–Crippen LogP) is 2.67. The average Bonchev–Trinajstić information content (AvgIpc) is 2.76. The topological polar surface area (TPSA) is 42.7 Å². The lowest BCUT2D eigenvalue weighted by Gasteiger charge is -2.17. The first-order valence-corrected chi connectivity index (χ1v) is 6.82. The molecule has 2 heterocycles. The van der Waals surface area contributed by atoms with Crippen molar-refractivity contribution in [2.45, 2.75) is 19.4 Å².